The van der Waals surface area contributed by atoms with Gasteiger partial charge in [0.05, 0.1) is 28.7 Å². The van der Waals surface area contributed by atoms with Crippen LogP contribution < -0.4 is 5.32 Å². The van der Waals surface area contributed by atoms with E-state index in [1.54, 1.807) is 28.4 Å². The minimum atomic E-state index is -0.0530. The average molecular weight is 433 g/mol. The lowest BCUT2D eigenvalue weighted by molar-refractivity contribution is 0.0303. The van der Waals surface area contributed by atoms with E-state index in [0.717, 1.165) is 23.5 Å². The zero-order chi connectivity index (χ0) is 20.1. The van der Waals surface area contributed by atoms with Crippen LogP contribution in [0.1, 0.15) is 22.7 Å². The van der Waals surface area contributed by atoms with Gasteiger partial charge in [-0.2, -0.15) is 4.98 Å². The zero-order valence-electron chi connectivity index (χ0n) is 15.8. The van der Waals surface area contributed by atoms with Crippen LogP contribution in [0.25, 0.3) is 10.7 Å². The third-order valence-corrected chi connectivity index (χ3v) is 5.78. The van der Waals surface area contributed by atoms with Gasteiger partial charge in [0, 0.05) is 31.7 Å². The van der Waals surface area contributed by atoms with Gasteiger partial charge in [-0.1, -0.05) is 22.8 Å². The predicted octanol–water partition coefficient (Wildman–Crippen LogP) is 3.97. The summed E-state index contributed by atoms with van der Waals surface area (Å²) in [7, 11) is 0. The summed E-state index contributed by atoms with van der Waals surface area (Å²) in [6.45, 7) is 3.05. The maximum Gasteiger partial charge on any atom is 0.255 e. The second-order valence-electron chi connectivity index (χ2n) is 6.62. The first-order valence-corrected chi connectivity index (χ1v) is 10.7. The SMILES string of the molecule is O=C(c1ccc(NCCCc2nc(-c3cccs3)no2)cc1Cl)N1CCOCC1. The van der Waals surface area contributed by atoms with E-state index < -0.39 is 0 Å². The third-order valence-electron chi connectivity index (χ3n) is 4.60. The molecule has 29 heavy (non-hydrogen) atoms. The number of amides is 1. The van der Waals surface area contributed by atoms with Crippen LogP contribution in [-0.4, -0.2) is 53.8 Å². The number of hydrogen-bond donors (Lipinski definition) is 1. The van der Waals surface area contributed by atoms with Crippen LogP contribution in [-0.2, 0) is 11.2 Å². The van der Waals surface area contributed by atoms with Crippen molar-refractivity contribution < 1.29 is 14.1 Å². The second kappa shape index (κ2) is 9.39. The van der Waals surface area contributed by atoms with Gasteiger partial charge < -0.3 is 19.5 Å². The van der Waals surface area contributed by atoms with Gasteiger partial charge in [0.2, 0.25) is 11.7 Å². The number of thiophene rings is 1. The lowest BCUT2D eigenvalue weighted by atomic mass is 10.1. The Kier molecular flexibility index (Phi) is 6.43. The largest absolute Gasteiger partial charge is 0.385 e. The molecule has 4 rings (SSSR count). The zero-order valence-corrected chi connectivity index (χ0v) is 17.3. The first kappa shape index (κ1) is 19.9. The number of aryl methyl sites for hydroxylation is 1. The standard InChI is InChI=1S/C20H21ClN4O3S/c21-16-13-14(5-6-15(16)20(26)25-8-10-27-11-9-25)22-7-1-4-18-23-19(24-28-18)17-3-2-12-29-17/h2-3,5-6,12-13,22H,1,4,7-11H2. The van der Waals surface area contributed by atoms with Crippen LogP contribution >= 0.6 is 22.9 Å². The number of morpholine rings is 1. The van der Waals surface area contributed by atoms with E-state index >= 15 is 0 Å². The molecule has 152 valence electrons. The highest BCUT2D eigenvalue weighted by Gasteiger charge is 2.20. The van der Waals surface area contributed by atoms with E-state index in [-0.39, 0.29) is 5.91 Å². The molecular weight excluding hydrogens is 412 g/mol. The fourth-order valence-electron chi connectivity index (χ4n) is 3.07. The number of halogens is 1. The number of rotatable bonds is 7. The van der Waals surface area contributed by atoms with Gasteiger partial charge in [-0.25, -0.2) is 0 Å². The lowest BCUT2D eigenvalue weighted by Gasteiger charge is -2.27. The predicted molar refractivity (Wildman–Crippen MR) is 113 cm³/mol. The average Bonchev–Trinajstić information content (AvgIpc) is 3.43. The summed E-state index contributed by atoms with van der Waals surface area (Å²) in [6, 6.07) is 9.37. The Hall–Kier alpha value is -2.42. The summed E-state index contributed by atoms with van der Waals surface area (Å²) in [5.41, 5.74) is 1.39. The first-order valence-electron chi connectivity index (χ1n) is 9.47. The molecule has 1 fully saturated rings. The quantitative estimate of drug-likeness (QED) is 0.569. The minimum absolute atomic E-state index is 0.0530. The summed E-state index contributed by atoms with van der Waals surface area (Å²) < 4.78 is 10.6. The number of nitrogens with zero attached hydrogens (tertiary/aromatic N) is 3. The molecule has 1 saturated heterocycles. The van der Waals surface area contributed by atoms with Crippen molar-refractivity contribution >= 4 is 34.5 Å². The van der Waals surface area contributed by atoms with Crippen molar-refractivity contribution in [2.45, 2.75) is 12.8 Å². The fraction of sp³-hybridized carbons (Fsp3) is 0.350. The molecule has 0 radical (unpaired) electrons. The lowest BCUT2D eigenvalue weighted by Crippen LogP contribution is -2.40. The van der Waals surface area contributed by atoms with Crippen molar-refractivity contribution in [2.75, 3.05) is 38.2 Å². The summed E-state index contributed by atoms with van der Waals surface area (Å²) in [4.78, 5) is 19.8. The van der Waals surface area contributed by atoms with Crippen molar-refractivity contribution in [3.63, 3.8) is 0 Å². The van der Waals surface area contributed by atoms with Gasteiger partial charge in [0.15, 0.2) is 0 Å². The molecule has 0 atom stereocenters. The molecule has 3 aromatic rings. The Morgan fingerprint density at radius 3 is 2.90 bits per heavy atom. The molecule has 0 bridgehead atoms. The van der Waals surface area contributed by atoms with Crippen LogP contribution in [0, 0.1) is 0 Å². The monoisotopic (exact) mass is 432 g/mol. The molecule has 0 spiro atoms. The molecule has 2 aromatic heterocycles. The summed E-state index contributed by atoms with van der Waals surface area (Å²) in [5.74, 6) is 1.21. The highest BCUT2D eigenvalue weighted by molar-refractivity contribution is 7.13. The van der Waals surface area contributed by atoms with Gasteiger partial charge in [0.25, 0.3) is 5.91 Å². The molecule has 7 nitrogen and oxygen atoms in total. The Morgan fingerprint density at radius 1 is 1.28 bits per heavy atom. The molecule has 0 unspecified atom stereocenters. The summed E-state index contributed by atoms with van der Waals surface area (Å²) in [6.07, 6.45) is 1.52. The molecule has 1 N–H and O–H groups in total. The van der Waals surface area contributed by atoms with Gasteiger partial charge in [0.1, 0.15) is 0 Å². The fourth-order valence-corrected chi connectivity index (χ4v) is 3.98. The van der Waals surface area contributed by atoms with E-state index in [0.29, 0.717) is 55.0 Å². The molecule has 0 aliphatic carbocycles. The minimum Gasteiger partial charge on any atom is -0.385 e. The maximum atomic E-state index is 12.6. The second-order valence-corrected chi connectivity index (χ2v) is 7.97. The molecule has 1 aliphatic heterocycles. The van der Waals surface area contributed by atoms with Crippen molar-refractivity contribution in [3.05, 3.63) is 52.2 Å². The highest BCUT2D eigenvalue weighted by Crippen LogP contribution is 2.24. The van der Waals surface area contributed by atoms with Crippen LogP contribution in [0.2, 0.25) is 5.02 Å². The molecule has 9 heteroatoms. The van der Waals surface area contributed by atoms with Crippen molar-refractivity contribution in [1.29, 1.82) is 0 Å². The topological polar surface area (TPSA) is 80.5 Å². The van der Waals surface area contributed by atoms with Crippen molar-refractivity contribution in [1.82, 2.24) is 15.0 Å². The number of aromatic nitrogens is 2. The van der Waals surface area contributed by atoms with E-state index in [9.17, 15) is 4.79 Å². The van der Waals surface area contributed by atoms with E-state index in [1.165, 1.54) is 0 Å². The van der Waals surface area contributed by atoms with Gasteiger partial charge >= 0.3 is 0 Å². The van der Waals surface area contributed by atoms with Crippen molar-refractivity contribution in [2.24, 2.45) is 0 Å². The number of nitrogens with one attached hydrogen (secondary N) is 1. The van der Waals surface area contributed by atoms with Crippen LogP contribution in [0.5, 0.6) is 0 Å². The summed E-state index contributed by atoms with van der Waals surface area (Å²) >= 11 is 7.94. The number of ether oxygens (including phenoxy) is 1. The molecule has 1 aliphatic rings. The summed E-state index contributed by atoms with van der Waals surface area (Å²) in [5, 5.41) is 9.77. The third kappa shape index (κ3) is 4.95. The highest BCUT2D eigenvalue weighted by atomic mass is 35.5. The van der Waals surface area contributed by atoms with Crippen LogP contribution in [0.15, 0.2) is 40.2 Å². The van der Waals surface area contributed by atoms with Crippen molar-refractivity contribution in [3.8, 4) is 10.7 Å². The Bertz CT molecular complexity index is 955. The molecule has 0 saturated carbocycles. The van der Waals surface area contributed by atoms with Gasteiger partial charge in [-0.3, -0.25) is 4.79 Å². The van der Waals surface area contributed by atoms with Gasteiger partial charge in [-0.15, -0.1) is 11.3 Å². The molecule has 1 amide bonds. The number of benzene rings is 1. The smallest absolute Gasteiger partial charge is 0.255 e. The van der Waals surface area contributed by atoms with Crippen LogP contribution in [0.3, 0.4) is 0 Å². The number of carbonyl (C=O) groups excluding carboxylic acids is 1. The van der Waals surface area contributed by atoms with Crippen LogP contribution in [0.4, 0.5) is 5.69 Å². The van der Waals surface area contributed by atoms with E-state index in [4.69, 9.17) is 20.9 Å². The molecule has 1 aromatic carbocycles. The van der Waals surface area contributed by atoms with E-state index in [2.05, 4.69) is 15.5 Å². The van der Waals surface area contributed by atoms with E-state index in [1.807, 2.05) is 23.6 Å². The Balaban J connectivity index is 1.27. The Morgan fingerprint density at radius 2 is 2.14 bits per heavy atom. The maximum absolute atomic E-state index is 12.6. The number of anilines is 1. The molecule has 3 heterocycles. The molecular formula is C20H21ClN4O3S. The first-order chi connectivity index (χ1) is 14.2. The normalized spacial score (nSPS) is 14.2. The Labute approximate surface area is 177 Å². The van der Waals surface area contributed by atoms with Gasteiger partial charge in [-0.05, 0) is 36.1 Å². The number of hydrogen-bond acceptors (Lipinski definition) is 7. The number of carbonyl (C=O) groups is 1.